The van der Waals surface area contributed by atoms with Gasteiger partial charge in [0.1, 0.15) is 0 Å². The molecule has 4 nitrogen and oxygen atoms in total. The van der Waals surface area contributed by atoms with Gasteiger partial charge in [0.05, 0.1) is 11.8 Å². The van der Waals surface area contributed by atoms with Crippen LogP contribution in [0.25, 0.3) is 0 Å². The van der Waals surface area contributed by atoms with Gasteiger partial charge in [-0.05, 0) is 66.8 Å². The summed E-state index contributed by atoms with van der Waals surface area (Å²) in [6.07, 6.45) is 5.02. The summed E-state index contributed by atoms with van der Waals surface area (Å²) < 4.78 is 1.91. The lowest BCUT2D eigenvalue weighted by Gasteiger charge is -2.26. The van der Waals surface area contributed by atoms with Crippen LogP contribution >= 0.6 is 31.9 Å². The summed E-state index contributed by atoms with van der Waals surface area (Å²) in [5.41, 5.74) is 1.48. The van der Waals surface area contributed by atoms with E-state index < -0.39 is 0 Å². The van der Waals surface area contributed by atoms with Gasteiger partial charge in [0, 0.05) is 20.3 Å². The smallest absolute Gasteiger partial charge is 0.228 e. The van der Waals surface area contributed by atoms with Crippen LogP contribution in [0.4, 0.5) is 11.4 Å². The molecule has 4 rings (SSSR count). The first-order valence-electron chi connectivity index (χ1n) is 8.82. The van der Waals surface area contributed by atoms with E-state index >= 15 is 0 Å². The molecule has 0 heterocycles. The molecule has 2 bridgehead atoms. The van der Waals surface area contributed by atoms with Gasteiger partial charge >= 0.3 is 0 Å². The van der Waals surface area contributed by atoms with Gasteiger partial charge < -0.3 is 10.6 Å². The monoisotopic (exact) mass is 488 g/mol. The molecule has 138 valence electrons. The summed E-state index contributed by atoms with van der Waals surface area (Å²) in [4.78, 5) is 25.9. The standard InChI is InChI=1S/C21H18Br2N2O2/c22-14-3-7-16(8-4-14)24-20(26)18-12-1-2-13(11-12)19(18)21(27)25-17-9-5-15(23)6-10-17/h1-10,12-13,18-19H,11H2,(H,24,26)(H,25,27)/t12-,13-,18-,19-/m0/s1. The van der Waals surface area contributed by atoms with Crippen LogP contribution in [-0.4, -0.2) is 11.8 Å². The Hall–Kier alpha value is -1.92. The number of amides is 2. The van der Waals surface area contributed by atoms with Crippen molar-refractivity contribution in [2.24, 2.45) is 23.7 Å². The number of anilines is 2. The van der Waals surface area contributed by atoms with Gasteiger partial charge in [0.15, 0.2) is 0 Å². The van der Waals surface area contributed by atoms with Crippen molar-refractivity contribution < 1.29 is 9.59 Å². The molecule has 0 saturated heterocycles. The fraction of sp³-hybridized carbons (Fsp3) is 0.238. The van der Waals surface area contributed by atoms with Gasteiger partial charge in [-0.2, -0.15) is 0 Å². The number of halogens is 2. The Balaban J connectivity index is 1.51. The molecule has 2 aromatic rings. The average Bonchev–Trinajstić information content (AvgIpc) is 3.27. The van der Waals surface area contributed by atoms with Gasteiger partial charge in [-0.15, -0.1) is 0 Å². The highest BCUT2D eigenvalue weighted by atomic mass is 79.9. The van der Waals surface area contributed by atoms with Crippen LogP contribution in [0.3, 0.4) is 0 Å². The fourth-order valence-electron chi connectivity index (χ4n) is 4.05. The first-order valence-corrected chi connectivity index (χ1v) is 10.4. The topological polar surface area (TPSA) is 58.2 Å². The van der Waals surface area contributed by atoms with Crippen molar-refractivity contribution in [2.75, 3.05) is 10.6 Å². The lowest BCUT2D eigenvalue weighted by Crippen LogP contribution is -2.39. The van der Waals surface area contributed by atoms with E-state index in [1.807, 2.05) is 48.5 Å². The van der Waals surface area contributed by atoms with Crippen LogP contribution in [0, 0.1) is 23.7 Å². The van der Waals surface area contributed by atoms with Gasteiger partial charge in [-0.1, -0.05) is 44.0 Å². The summed E-state index contributed by atoms with van der Waals surface area (Å²) in [6, 6.07) is 14.9. The van der Waals surface area contributed by atoms with Crippen molar-refractivity contribution in [1.29, 1.82) is 0 Å². The second-order valence-corrected chi connectivity index (χ2v) is 8.82. The third-order valence-corrected chi connectivity index (χ3v) is 6.35. The minimum Gasteiger partial charge on any atom is -0.326 e. The summed E-state index contributed by atoms with van der Waals surface area (Å²) in [7, 11) is 0. The molecule has 4 atom stereocenters. The van der Waals surface area contributed by atoms with E-state index in [9.17, 15) is 9.59 Å². The van der Waals surface area contributed by atoms with E-state index in [1.165, 1.54) is 0 Å². The molecule has 2 aromatic carbocycles. The minimum absolute atomic E-state index is 0.0925. The largest absolute Gasteiger partial charge is 0.326 e. The lowest BCUT2D eigenvalue weighted by atomic mass is 9.81. The quantitative estimate of drug-likeness (QED) is 0.578. The number of benzene rings is 2. The molecule has 0 aliphatic heterocycles. The molecule has 2 aliphatic rings. The van der Waals surface area contributed by atoms with Crippen molar-refractivity contribution in [1.82, 2.24) is 0 Å². The summed E-state index contributed by atoms with van der Waals surface area (Å²) in [5.74, 6) is -0.648. The third kappa shape index (κ3) is 3.87. The second kappa shape index (κ2) is 7.60. The zero-order valence-corrected chi connectivity index (χ0v) is 17.5. The molecule has 27 heavy (non-hydrogen) atoms. The van der Waals surface area contributed by atoms with Gasteiger partial charge in [0.25, 0.3) is 0 Å². The van der Waals surface area contributed by atoms with Crippen molar-refractivity contribution >= 4 is 55.0 Å². The Morgan fingerprint density at radius 3 is 1.44 bits per heavy atom. The maximum atomic E-state index is 13.0. The number of hydrogen-bond acceptors (Lipinski definition) is 2. The average molecular weight is 490 g/mol. The SMILES string of the molecule is O=C(Nc1ccc(Br)cc1)[C@@H]1[C@@H](C(=O)Nc2ccc(Br)cc2)[C@H]2C=C[C@H]1C2. The molecule has 6 heteroatoms. The highest BCUT2D eigenvalue weighted by Gasteiger charge is 2.51. The van der Waals surface area contributed by atoms with Crippen LogP contribution in [0.5, 0.6) is 0 Å². The highest BCUT2D eigenvalue weighted by Crippen LogP contribution is 2.48. The minimum atomic E-state index is -0.348. The van der Waals surface area contributed by atoms with E-state index in [0.29, 0.717) is 0 Å². The van der Waals surface area contributed by atoms with Crippen molar-refractivity contribution in [3.05, 3.63) is 69.6 Å². The third-order valence-electron chi connectivity index (χ3n) is 5.29. The zero-order valence-electron chi connectivity index (χ0n) is 14.4. The van der Waals surface area contributed by atoms with Gasteiger partial charge in [0.2, 0.25) is 11.8 Å². The van der Waals surface area contributed by atoms with E-state index in [1.54, 1.807) is 0 Å². The Bertz CT molecular complexity index is 820. The number of fused-ring (bicyclic) bond motifs is 2. The molecule has 1 fully saturated rings. The van der Waals surface area contributed by atoms with E-state index in [-0.39, 0.29) is 35.5 Å². The molecule has 0 spiro atoms. The van der Waals surface area contributed by atoms with Crippen molar-refractivity contribution in [3.63, 3.8) is 0 Å². The van der Waals surface area contributed by atoms with Crippen molar-refractivity contribution in [3.8, 4) is 0 Å². The van der Waals surface area contributed by atoms with Crippen LogP contribution < -0.4 is 10.6 Å². The number of nitrogens with one attached hydrogen (secondary N) is 2. The van der Waals surface area contributed by atoms with Crippen LogP contribution in [0.15, 0.2) is 69.6 Å². The molecular weight excluding hydrogens is 472 g/mol. The lowest BCUT2D eigenvalue weighted by molar-refractivity contribution is -0.129. The molecule has 2 amide bonds. The molecule has 1 saturated carbocycles. The maximum Gasteiger partial charge on any atom is 0.228 e. The Kier molecular flexibility index (Phi) is 5.19. The summed E-state index contributed by atoms with van der Waals surface area (Å²) in [6.45, 7) is 0. The van der Waals surface area contributed by atoms with Gasteiger partial charge in [-0.3, -0.25) is 9.59 Å². The van der Waals surface area contributed by atoms with Gasteiger partial charge in [-0.25, -0.2) is 0 Å². The van der Waals surface area contributed by atoms with E-state index in [4.69, 9.17) is 0 Å². The molecular formula is C21H18Br2N2O2. The molecule has 0 radical (unpaired) electrons. The predicted molar refractivity (Wildman–Crippen MR) is 113 cm³/mol. The summed E-state index contributed by atoms with van der Waals surface area (Å²) in [5, 5.41) is 5.94. The molecule has 2 aliphatic carbocycles. The normalized spacial score (nSPS) is 25.4. The fourth-order valence-corrected chi connectivity index (χ4v) is 4.58. The second-order valence-electron chi connectivity index (χ2n) is 6.99. The van der Waals surface area contributed by atoms with E-state index in [2.05, 4.69) is 54.6 Å². The number of hydrogen-bond donors (Lipinski definition) is 2. The van der Waals surface area contributed by atoms with Crippen molar-refractivity contribution in [2.45, 2.75) is 6.42 Å². The van der Waals surface area contributed by atoms with E-state index in [0.717, 1.165) is 26.7 Å². The van der Waals surface area contributed by atoms with Crippen LogP contribution in [-0.2, 0) is 9.59 Å². The number of allylic oxidation sites excluding steroid dienone is 2. The zero-order chi connectivity index (χ0) is 19.0. The first-order chi connectivity index (χ1) is 13.0. The molecule has 0 aromatic heterocycles. The molecule has 0 unspecified atom stereocenters. The highest BCUT2D eigenvalue weighted by molar-refractivity contribution is 9.10. The number of carbonyl (C=O) groups excluding carboxylic acids is 2. The summed E-state index contributed by atoms with van der Waals surface area (Å²) >= 11 is 6.78. The first kappa shape index (κ1) is 18.4. The van der Waals surface area contributed by atoms with Crippen LogP contribution in [0.1, 0.15) is 6.42 Å². The maximum absolute atomic E-state index is 13.0. The van der Waals surface area contributed by atoms with Crippen LogP contribution in [0.2, 0.25) is 0 Å². The predicted octanol–water partition coefficient (Wildman–Crippen LogP) is 5.23. The Morgan fingerprint density at radius 1 is 0.704 bits per heavy atom. The Labute approximate surface area is 174 Å². The molecule has 2 N–H and O–H groups in total. The number of carbonyl (C=O) groups is 2. The number of rotatable bonds is 4. The Morgan fingerprint density at radius 2 is 1.07 bits per heavy atom.